The van der Waals surface area contributed by atoms with Crippen molar-refractivity contribution in [2.45, 2.75) is 64.7 Å². The predicted molar refractivity (Wildman–Crippen MR) is 293 cm³/mol. The molecule has 69 heavy (non-hydrogen) atoms. The molecule has 1 spiro atoms. The second-order valence-corrected chi connectivity index (χ2v) is 19.5. The van der Waals surface area contributed by atoms with Crippen LogP contribution in [-0.2, 0) is 17.3 Å². The number of allylic oxidation sites excluding steroid dienone is 4. The van der Waals surface area contributed by atoms with Gasteiger partial charge in [-0.2, -0.15) is 0 Å². The van der Waals surface area contributed by atoms with E-state index in [0.29, 0.717) is 0 Å². The monoisotopic (exact) mass is 887 g/mol. The van der Waals surface area contributed by atoms with Crippen molar-refractivity contribution >= 4 is 27.5 Å². The van der Waals surface area contributed by atoms with Crippen LogP contribution in [0.25, 0.3) is 72.0 Å². The molecule has 4 aliphatic rings. The Hall–Kier alpha value is -7.74. The van der Waals surface area contributed by atoms with Crippen LogP contribution in [0.1, 0.15) is 85.0 Å². The minimum atomic E-state index is -0.270. The van der Waals surface area contributed by atoms with Crippen LogP contribution in [0.2, 0.25) is 0 Å². The van der Waals surface area contributed by atoms with Gasteiger partial charge in [0.2, 0.25) is 0 Å². The molecule has 334 valence electrons. The number of fused-ring (bicyclic) bond motifs is 14. The largest absolute Gasteiger partial charge is 0.312 e. The third kappa shape index (κ3) is 6.51. The lowest BCUT2D eigenvalue weighted by molar-refractivity contribution is 0.659. The third-order valence-electron chi connectivity index (χ3n) is 15.5. The Morgan fingerprint density at radius 1 is 0.464 bits per heavy atom. The van der Waals surface area contributed by atoms with E-state index >= 15 is 0 Å². The normalized spacial score (nSPS) is 16.2. The summed E-state index contributed by atoms with van der Waals surface area (Å²) in [6.07, 6.45) is 7.89. The van der Waals surface area contributed by atoms with E-state index in [-0.39, 0.29) is 10.8 Å². The molecule has 1 nitrogen and oxygen atoms in total. The fraction of sp³-hybridized carbons (Fsp3) is 0.147. The molecular formula is C68H57N. The number of nitrogens with zero attached hydrogens (tertiary/aromatic N) is 1. The van der Waals surface area contributed by atoms with Gasteiger partial charge < -0.3 is 4.57 Å². The van der Waals surface area contributed by atoms with Crippen LogP contribution in [0, 0.1) is 6.92 Å². The number of hydrogen-bond donors (Lipinski definition) is 0. The first-order valence-corrected chi connectivity index (χ1v) is 25.0. The van der Waals surface area contributed by atoms with Gasteiger partial charge in [0, 0.05) is 21.9 Å². The molecule has 1 unspecified atom stereocenters. The van der Waals surface area contributed by atoms with Crippen LogP contribution in [-0.4, -0.2) is 4.57 Å². The van der Waals surface area contributed by atoms with Crippen molar-refractivity contribution in [3.05, 3.63) is 268 Å². The topological polar surface area (TPSA) is 4.93 Å². The molecule has 2 heterocycles. The van der Waals surface area contributed by atoms with Gasteiger partial charge in [-0.15, -0.1) is 0 Å². The molecule has 14 rings (SSSR count). The Kier molecular flexibility index (Phi) is 10.4. The predicted octanol–water partition coefficient (Wildman–Crippen LogP) is 17.9. The summed E-state index contributed by atoms with van der Waals surface area (Å²) in [5.41, 5.74) is 27.2. The molecule has 1 heteroatoms. The zero-order chi connectivity index (χ0) is 46.9. The molecule has 1 atom stereocenters. The quantitative estimate of drug-likeness (QED) is 0.166. The third-order valence-corrected chi connectivity index (χ3v) is 15.5. The lowest BCUT2D eigenvalue weighted by Crippen LogP contribution is -2.34. The van der Waals surface area contributed by atoms with Crippen LogP contribution >= 0.6 is 0 Å². The summed E-state index contributed by atoms with van der Waals surface area (Å²) in [4.78, 5) is 0. The van der Waals surface area contributed by atoms with Crippen LogP contribution in [0.5, 0.6) is 0 Å². The molecular weight excluding hydrogens is 831 g/mol. The molecule has 0 fully saturated rings. The number of aryl methyl sites for hydroxylation is 1. The summed E-state index contributed by atoms with van der Waals surface area (Å²) < 4.78 is 2.58. The van der Waals surface area contributed by atoms with Gasteiger partial charge >= 0.3 is 0 Å². The van der Waals surface area contributed by atoms with Crippen molar-refractivity contribution in [3.63, 3.8) is 0 Å². The molecule has 3 aliphatic carbocycles. The first kappa shape index (κ1) is 42.6. The highest BCUT2D eigenvalue weighted by Gasteiger charge is 2.51. The van der Waals surface area contributed by atoms with E-state index in [2.05, 4.69) is 244 Å². The lowest BCUT2D eigenvalue weighted by atomic mass is 9.63. The molecule has 0 amide bonds. The number of aromatic nitrogens is 1. The van der Waals surface area contributed by atoms with Crippen molar-refractivity contribution < 1.29 is 0 Å². The first-order chi connectivity index (χ1) is 33.9. The Morgan fingerprint density at radius 2 is 1.09 bits per heavy atom. The molecule has 0 radical (unpaired) electrons. The van der Waals surface area contributed by atoms with Crippen molar-refractivity contribution in [2.24, 2.45) is 0 Å². The summed E-state index contributed by atoms with van der Waals surface area (Å²) in [6.45, 7) is 10.9. The molecule has 0 N–H and O–H groups in total. The maximum atomic E-state index is 2.58. The minimum Gasteiger partial charge on any atom is -0.312 e. The van der Waals surface area contributed by atoms with Gasteiger partial charge in [0.05, 0.1) is 16.4 Å². The van der Waals surface area contributed by atoms with E-state index in [4.69, 9.17) is 0 Å². The van der Waals surface area contributed by atoms with Gasteiger partial charge in [0.15, 0.2) is 0 Å². The van der Waals surface area contributed by atoms with Crippen LogP contribution in [0.4, 0.5) is 0 Å². The summed E-state index contributed by atoms with van der Waals surface area (Å²) >= 11 is 0. The maximum absolute atomic E-state index is 2.58. The van der Waals surface area contributed by atoms with Gasteiger partial charge in [0.25, 0.3) is 0 Å². The van der Waals surface area contributed by atoms with Crippen molar-refractivity contribution in [1.29, 1.82) is 0 Å². The fourth-order valence-electron chi connectivity index (χ4n) is 12.5. The van der Waals surface area contributed by atoms with Gasteiger partial charge in [-0.25, -0.2) is 0 Å². The molecule has 10 aromatic rings. The van der Waals surface area contributed by atoms with Gasteiger partial charge in [-0.3, -0.25) is 0 Å². The average Bonchev–Trinajstić information content (AvgIpc) is 3.98. The van der Waals surface area contributed by atoms with Crippen LogP contribution in [0.3, 0.4) is 0 Å². The smallest absolute Gasteiger partial charge is 0.0751 e. The Morgan fingerprint density at radius 3 is 1.88 bits per heavy atom. The summed E-state index contributed by atoms with van der Waals surface area (Å²) in [6, 6.07) is 76.4. The Labute approximate surface area is 407 Å². The first-order valence-electron chi connectivity index (χ1n) is 25.0. The molecule has 1 aromatic heterocycles. The van der Waals surface area contributed by atoms with E-state index in [1.165, 1.54) is 122 Å². The van der Waals surface area contributed by atoms with E-state index in [0.717, 1.165) is 19.3 Å². The van der Waals surface area contributed by atoms with Crippen molar-refractivity contribution in [3.8, 4) is 44.5 Å². The zero-order valence-corrected chi connectivity index (χ0v) is 40.4. The van der Waals surface area contributed by atoms with Crippen molar-refractivity contribution in [2.75, 3.05) is 0 Å². The zero-order valence-electron chi connectivity index (χ0n) is 40.4. The number of benzene rings is 9. The maximum Gasteiger partial charge on any atom is 0.0751 e. The van der Waals surface area contributed by atoms with Gasteiger partial charge in [0.1, 0.15) is 0 Å². The lowest BCUT2D eigenvalue weighted by Gasteiger charge is -2.41. The SMILES string of the molecule is CC.CC1(C)c2ccccc2-c2ccc(Cc3ccc(-c4ccccc4)cc3-c3ccccc3)cc21.Cc1ccc2c(c1)C1(C3=C(CCC=C3)n3c4ccccc4c4cccc1c43)c1ccccc1-2. The Balaban J connectivity index is 0.000000138. The minimum absolute atomic E-state index is 0.0291. The van der Waals surface area contributed by atoms with E-state index in [9.17, 15) is 0 Å². The van der Waals surface area contributed by atoms with Crippen LogP contribution < -0.4 is 0 Å². The molecule has 9 aromatic carbocycles. The van der Waals surface area contributed by atoms with Crippen molar-refractivity contribution in [1.82, 2.24) is 4.57 Å². The Bertz CT molecular complexity index is 3690. The number of para-hydroxylation sites is 2. The van der Waals surface area contributed by atoms with Gasteiger partial charge in [-0.1, -0.05) is 240 Å². The molecule has 0 bridgehead atoms. The fourth-order valence-corrected chi connectivity index (χ4v) is 12.5. The number of rotatable bonds is 4. The standard InChI is InChI=1S/C34H28.C32H23N.C2H6/c1-34(2)32-16-10-9-15-29(32)30-20-17-24(22-33(30)34)21-28-19-18-27(25-11-5-3-6-12-25)23-31(28)26-13-7-4-8-14-26;1-20-17-18-22-21-9-2-4-12-25(21)32(28(22)19-20)26-13-5-7-16-30(26)33-29-15-6-3-10-23(29)24-11-8-14-27(32)31(24)33;1-2/h3-20,22-23H,21H2,1-2H3;2-6,8-15,17-19H,7,16H2,1H3;1-2H3. The highest BCUT2D eigenvalue weighted by atomic mass is 15.0. The van der Waals surface area contributed by atoms with Gasteiger partial charge in [-0.05, 0) is 127 Å². The number of hydrogen-bond acceptors (Lipinski definition) is 0. The van der Waals surface area contributed by atoms with E-state index in [1.807, 2.05) is 13.8 Å². The summed E-state index contributed by atoms with van der Waals surface area (Å²) in [7, 11) is 0. The summed E-state index contributed by atoms with van der Waals surface area (Å²) in [5.74, 6) is 0. The second kappa shape index (κ2) is 16.8. The molecule has 0 saturated heterocycles. The van der Waals surface area contributed by atoms with E-state index in [1.54, 1.807) is 0 Å². The highest BCUT2D eigenvalue weighted by Crippen LogP contribution is 2.62. The molecule has 1 aliphatic heterocycles. The molecule has 0 saturated carbocycles. The average molecular weight is 888 g/mol. The van der Waals surface area contributed by atoms with E-state index < -0.39 is 0 Å². The second-order valence-electron chi connectivity index (χ2n) is 19.5. The summed E-state index contributed by atoms with van der Waals surface area (Å²) in [5, 5.41) is 2.71. The van der Waals surface area contributed by atoms with Crippen LogP contribution in [0.15, 0.2) is 224 Å². The highest BCUT2D eigenvalue weighted by molar-refractivity contribution is 6.14.